The minimum atomic E-state index is -0.465. The zero-order valence-electron chi connectivity index (χ0n) is 9.21. The van der Waals surface area contributed by atoms with Crippen molar-refractivity contribution in [3.05, 3.63) is 58.3 Å². The Bertz CT molecular complexity index is 527. The number of rotatable bonds is 3. The highest BCUT2D eigenvalue weighted by Crippen LogP contribution is 2.30. The van der Waals surface area contributed by atoms with E-state index in [0.29, 0.717) is 16.3 Å². The summed E-state index contributed by atoms with van der Waals surface area (Å²) in [7, 11) is 0. The van der Waals surface area contributed by atoms with Crippen molar-refractivity contribution in [2.45, 2.75) is 13.0 Å². The summed E-state index contributed by atoms with van der Waals surface area (Å²) in [4.78, 5) is 0. The Hall–Kier alpha value is -1.36. The minimum Gasteiger partial charge on any atom is -0.467 e. The maximum absolute atomic E-state index is 13.2. The number of hydrogen-bond acceptors (Lipinski definition) is 3. The lowest BCUT2D eigenvalue weighted by atomic mass is 10.0. The Labute approximate surface area is 103 Å². The van der Waals surface area contributed by atoms with E-state index in [4.69, 9.17) is 21.9 Å². The van der Waals surface area contributed by atoms with E-state index >= 15 is 0 Å². The number of nitrogens with two attached hydrogens (primary N) is 1. The van der Waals surface area contributed by atoms with E-state index in [1.807, 2.05) is 13.0 Å². The van der Waals surface area contributed by atoms with Crippen LogP contribution in [0.1, 0.15) is 22.9 Å². The molecule has 1 atom stereocenters. The number of benzene rings is 1. The first kappa shape index (κ1) is 12.1. The van der Waals surface area contributed by atoms with E-state index in [-0.39, 0.29) is 5.82 Å². The van der Waals surface area contributed by atoms with Gasteiger partial charge in [-0.05, 0) is 42.3 Å². The smallest absolute Gasteiger partial charge is 0.129 e. The molecule has 0 bridgehead atoms. The van der Waals surface area contributed by atoms with Crippen LogP contribution >= 0.6 is 11.6 Å². The van der Waals surface area contributed by atoms with Crippen LogP contribution in [0.3, 0.4) is 0 Å². The van der Waals surface area contributed by atoms with Crippen molar-refractivity contribution in [2.24, 2.45) is 5.84 Å². The number of nitrogens with one attached hydrogen (secondary N) is 1. The second kappa shape index (κ2) is 4.87. The van der Waals surface area contributed by atoms with Crippen LogP contribution < -0.4 is 11.3 Å². The molecule has 0 aliphatic rings. The van der Waals surface area contributed by atoms with E-state index in [0.717, 1.165) is 5.56 Å². The molecule has 1 aromatic carbocycles. The number of halogens is 2. The van der Waals surface area contributed by atoms with Crippen LogP contribution in [0, 0.1) is 12.7 Å². The number of aryl methyl sites for hydroxylation is 1. The Morgan fingerprint density at radius 3 is 2.76 bits per heavy atom. The van der Waals surface area contributed by atoms with Crippen LogP contribution in [-0.4, -0.2) is 0 Å². The molecule has 1 aromatic heterocycles. The molecule has 17 heavy (non-hydrogen) atoms. The fraction of sp³-hybridized carbons (Fsp3) is 0.167. The number of hydrogen-bond donors (Lipinski definition) is 2. The van der Waals surface area contributed by atoms with Crippen molar-refractivity contribution < 1.29 is 8.81 Å². The van der Waals surface area contributed by atoms with E-state index in [1.165, 1.54) is 18.2 Å². The maximum Gasteiger partial charge on any atom is 0.129 e. The third kappa shape index (κ3) is 2.34. The van der Waals surface area contributed by atoms with Gasteiger partial charge in [-0.1, -0.05) is 11.6 Å². The van der Waals surface area contributed by atoms with Crippen molar-refractivity contribution in [2.75, 3.05) is 0 Å². The van der Waals surface area contributed by atoms with Gasteiger partial charge in [0.1, 0.15) is 17.6 Å². The average molecular weight is 255 g/mol. The summed E-state index contributed by atoms with van der Waals surface area (Å²) in [5.74, 6) is 5.75. The molecule has 0 saturated carbocycles. The summed E-state index contributed by atoms with van der Waals surface area (Å²) in [6.45, 7) is 1.89. The van der Waals surface area contributed by atoms with Crippen LogP contribution in [0.15, 0.2) is 34.9 Å². The van der Waals surface area contributed by atoms with Gasteiger partial charge in [0, 0.05) is 5.02 Å². The molecule has 0 aliphatic carbocycles. The Balaban J connectivity index is 2.49. The molecular formula is C12H12ClFN2O. The Morgan fingerprint density at radius 2 is 2.18 bits per heavy atom. The summed E-state index contributed by atoms with van der Waals surface area (Å²) in [5.41, 5.74) is 4.06. The summed E-state index contributed by atoms with van der Waals surface area (Å²) in [5, 5.41) is 0.435. The molecule has 3 N–H and O–H groups in total. The quantitative estimate of drug-likeness (QED) is 0.654. The molecule has 0 radical (unpaired) electrons. The maximum atomic E-state index is 13.2. The highest BCUT2D eigenvalue weighted by atomic mass is 35.5. The summed E-state index contributed by atoms with van der Waals surface area (Å²) in [6.07, 6.45) is 1.56. The number of hydrazine groups is 1. The first-order valence-corrected chi connectivity index (χ1v) is 5.46. The monoisotopic (exact) mass is 254 g/mol. The van der Waals surface area contributed by atoms with Gasteiger partial charge in [-0.25, -0.2) is 9.82 Å². The second-order valence-corrected chi connectivity index (χ2v) is 4.14. The lowest BCUT2D eigenvalue weighted by molar-refractivity contribution is 0.448. The third-order valence-corrected chi connectivity index (χ3v) is 2.94. The van der Waals surface area contributed by atoms with Crippen LogP contribution in [0.2, 0.25) is 5.02 Å². The molecule has 5 heteroatoms. The first-order valence-electron chi connectivity index (χ1n) is 5.08. The lowest BCUT2D eigenvalue weighted by Crippen LogP contribution is -2.29. The molecular weight excluding hydrogens is 243 g/mol. The minimum absolute atomic E-state index is 0.367. The molecule has 0 fully saturated rings. The summed E-state index contributed by atoms with van der Waals surface area (Å²) < 4.78 is 18.6. The first-order chi connectivity index (χ1) is 8.13. The standard InChI is InChI=1S/C12H12ClFN2O/c1-7-4-5-17-12(7)11(16-15)9-6-8(14)2-3-10(9)13/h2-6,11,16H,15H2,1H3. The largest absolute Gasteiger partial charge is 0.467 e. The third-order valence-electron chi connectivity index (χ3n) is 2.60. The second-order valence-electron chi connectivity index (χ2n) is 3.73. The molecule has 2 rings (SSSR count). The van der Waals surface area contributed by atoms with E-state index in [9.17, 15) is 4.39 Å². The highest BCUT2D eigenvalue weighted by Gasteiger charge is 2.20. The van der Waals surface area contributed by atoms with Crippen molar-refractivity contribution in [3.63, 3.8) is 0 Å². The predicted octanol–water partition coefficient (Wildman–Crippen LogP) is 2.93. The zero-order chi connectivity index (χ0) is 12.4. The topological polar surface area (TPSA) is 51.2 Å². The van der Waals surface area contributed by atoms with Crippen LogP contribution in [-0.2, 0) is 0 Å². The lowest BCUT2D eigenvalue weighted by Gasteiger charge is -2.16. The van der Waals surface area contributed by atoms with Crippen molar-refractivity contribution >= 4 is 11.6 Å². The van der Waals surface area contributed by atoms with Crippen LogP contribution in [0.25, 0.3) is 0 Å². The van der Waals surface area contributed by atoms with Gasteiger partial charge in [-0.15, -0.1) is 0 Å². The zero-order valence-corrected chi connectivity index (χ0v) is 9.96. The van der Waals surface area contributed by atoms with E-state index in [1.54, 1.807) is 6.26 Å². The molecule has 2 aromatic rings. The van der Waals surface area contributed by atoms with Crippen molar-refractivity contribution in [1.82, 2.24) is 5.43 Å². The van der Waals surface area contributed by atoms with Crippen LogP contribution in [0.4, 0.5) is 4.39 Å². The van der Waals surface area contributed by atoms with Gasteiger partial charge in [0.25, 0.3) is 0 Å². The Kier molecular flexibility index (Phi) is 3.47. The fourth-order valence-corrected chi connectivity index (χ4v) is 1.95. The molecule has 0 spiro atoms. The van der Waals surface area contributed by atoms with Gasteiger partial charge in [-0.3, -0.25) is 5.84 Å². The molecule has 0 aliphatic heterocycles. The average Bonchev–Trinajstić information content (AvgIpc) is 2.71. The number of furan rings is 1. The molecule has 1 unspecified atom stereocenters. The molecule has 1 heterocycles. The van der Waals surface area contributed by atoms with Crippen LogP contribution in [0.5, 0.6) is 0 Å². The molecule has 3 nitrogen and oxygen atoms in total. The Morgan fingerprint density at radius 1 is 1.41 bits per heavy atom. The van der Waals surface area contributed by atoms with Gasteiger partial charge >= 0.3 is 0 Å². The highest BCUT2D eigenvalue weighted by molar-refractivity contribution is 6.31. The predicted molar refractivity (Wildman–Crippen MR) is 64.0 cm³/mol. The van der Waals surface area contributed by atoms with Crippen molar-refractivity contribution in [3.8, 4) is 0 Å². The van der Waals surface area contributed by atoms with E-state index in [2.05, 4.69) is 5.43 Å². The van der Waals surface area contributed by atoms with Crippen molar-refractivity contribution in [1.29, 1.82) is 0 Å². The molecule has 90 valence electrons. The van der Waals surface area contributed by atoms with Gasteiger partial charge in [0.05, 0.1) is 6.26 Å². The normalized spacial score (nSPS) is 12.7. The van der Waals surface area contributed by atoms with Gasteiger partial charge in [0.2, 0.25) is 0 Å². The SMILES string of the molecule is Cc1ccoc1C(NN)c1cc(F)ccc1Cl. The molecule has 0 saturated heterocycles. The molecule has 0 amide bonds. The van der Waals surface area contributed by atoms with E-state index < -0.39 is 6.04 Å². The van der Waals surface area contributed by atoms with Gasteiger partial charge in [-0.2, -0.15) is 0 Å². The summed E-state index contributed by atoms with van der Waals surface area (Å²) >= 11 is 6.04. The van der Waals surface area contributed by atoms with Gasteiger partial charge < -0.3 is 4.42 Å². The fourth-order valence-electron chi connectivity index (χ4n) is 1.72. The van der Waals surface area contributed by atoms with Gasteiger partial charge in [0.15, 0.2) is 0 Å². The summed E-state index contributed by atoms with van der Waals surface area (Å²) in [6, 6.07) is 5.48.